The average molecular weight is 417 g/mol. The number of amides is 2. The lowest BCUT2D eigenvalue weighted by atomic mass is 9.83. The molecule has 1 heterocycles. The molecule has 0 aromatic heterocycles. The number of hydrogen-bond acceptors (Lipinski definition) is 2. The van der Waals surface area contributed by atoms with Crippen molar-refractivity contribution in [2.45, 2.75) is 24.4 Å². The van der Waals surface area contributed by atoms with Crippen LogP contribution in [0.3, 0.4) is 0 Å². The molecule has 0 aliphatic carbocycles. The molecular formula is C23H26F3N3O. The van der Waals surface area contributed by atoms with Gasteiger partial charge in [0.15, 0.2) is 0 Å². The van der Waals surface area contributed by atoms with E-state index in [1.165, 1.54) is 4.90 Å². The van der Waals surface area contributed by atoms with E-state index in [1.54, 1.807) is 25.1 Å². The second-order valence-electron chi connectivity index (χ2n) is 7.80. The van der Waals surface area contributed by atoms with E-state index >= 15 is 0 Å². The summed E-state index contributed by atoms with van der Waals surface area (Å²) in [6.07, 6.45) is 2.46. The molecule has 2 aromatic rings. The second kappa shape index (κ2) is 8.92. The van der Waals surface area contributed by atoms with E-state index in [0.717, 1.165) is 23.8 Å². The van der Waals surface area contributed by atoms with Gasteiger partial charge >= 0.3 is 6.03 Å². The zero-order chi connectivity index (χ0) is 21.9. The smallest absolute Gasteiger partial charge is 0.320 e. The van der Waals surface area contributed by atoms with Crippen LogP contribution < -0.4 is 5.73 Å². The Balaban J connectivity index is 2.17. The van der Waals surface area contributed by atoms with Crippen molar-refractivity contribution in [3.8, 4) is 0 Å². The van der Waals surface area contributed by atoms with Crippen molar-refractivity contribution in [1.29, 1.82) is 0 Å². The molecule has 2 aromatic carbocycles. The van der Waals surface area contributed by atoms with Crippen molar-refractivity contribution in [3.05, 3.63) is 77.4 Å². The summed E-state index contributed by atoms with van der Waals surface area (Å²) < 4.78 is 41.5. The topological polar surface area (TPSA) is 49.6 Å². The van der Waals surface area contributed by atoms with Crippen LogP contribution in [0.4, 0.5) is 18.0 Å². The van der Waals surface area contributed by atoms with Crippen LogP contribution in [0.1, 0.15) is 24.0 Å². The predicted molar refractivity (Wildman–Crippen MR) is 111 cm³/mol. The summed E-state index contributed by atoms with van der Waals surface area (Å²) in [6.45, 7) is -0.585. The molecule has 30 heavy (non-hydrogen) atoms. The van der Waals surface area contributed by atoms with Gasteiger partial charge in [-0.1, -0.05) is 30.3 Å². The molecule has 0 bridgehead atoms. The SMILES string of the molecule is CN(C)C(=O)N1CC(c2cc(F)ccc2F)=C[C@@]1(CCC(N)CF)c1ccccc1. The Morgan fingerprint density at radius 1 is 1.20 bits per heavy atom. The van der Waals surface area contributed by atoms with Gasteiger partial charge < -0.3 is 15.5 Å². The number of benzene rings is 2. The van der Waals surface area contributed by atoms with Gasteiger partial charge in [0.1, 0.15) is 18.3 Å². The molecular weight excluding hydrogens is 391 g/mol. The number of urea groups is 1. The highest BCUT2D eigenvalue weighted by atomic mass is 19.1. The molecule has 0 fully saturated rings. The first-order valence-corrected chi connectivity index (χ1v) is 9.81. The van der Waals surface area contributed by atoms with E-state index in [1.807, 2.05) is 30.3 Å². The van der Waals surface area contributed by atoms with Gasteiger partial charge in [0.05, 0.1) is 5.54 Å². The molecule has 2 atom stereocenters. The third-order valence-corrected chi connectivity index (χ3v) is 5.48. The van der Waals surface area contributed by atoms with E-state index in [-0.39, 0.29) is 18.1 Å². The lowest BCUT2D eigenvalue weighted by molar-refractivity contribution is 0.128. The molecule has 2 N–H and O–H groups in total. The van der Waals surface area contributed by atoms with Crippen LogP contribution in [-0.2, 0) is 5.54 Å². The Kier molecular flexibility index (Phi) is 6.51. The molecule has 1 aliphatic heterocycles. The second-order valence-corrected chi connectivity index (χ2v) is 7.80. The van der Waals surface area contributed by atoms with Gasteiger partial charge in [0, 0.05) is 32.2 Å². The number of carbonyl (C=O) groups is 1. The molecule has 2 amide bonds. The maximum Gasteiger partial charge on any atom is 0.320 e. The normalized spacial score (nSPS) is 19.5. The van der Waals surface area contributed by atoms with Crippen LogP contribution in [0.25, 0.3) is 5.57 Å². The quantitative estimate of drug-likeness (QED) is 0.761. The Hall–Kier alpha value is -2.80. The van der Waals surface area contributed by atoms with Crippen molar-refractivity contribution in [1.82, 2.24) is 9.80 Å². The minimum absolute atomic E-state index is 0.0944. The summed E-state index contributed by atoms with van der Waals surface area (Å²) in [5.74, 6) is -1.13. The first-order chi connectivity index (χ1) is 14.3. The lowest BCUT2D eigenvalue weighted by Crippen LogP contribution is -2.50. The van der Waals surface area contributed by atoms with E-state index in [2.05, 4.69) is 0 Å². The van der Waals surface area contributed by atoms with E-state index < -0.39 is 29.9 Å². The van der Waals surface area contributed by atoms with Crippen LogP contribution in [0.5, 0.6) is 0 Å². The molecule has 4 nitrogen and oxygen atoms in total. The van der Waals surface area contributed by atoms with Crippen LogP contribution >= 0.6 is 0 Å². The van der Waals surface area contributed by atoms with Gasteiger partial charge in [-0.15, -0.1) is 0 Å². The molecule has 1 unspecified atom stereocenters. The summed E-state index contributed by atoms with van der Waals surface area (Å²) >= 11 is 0. The largest absolute Gasteiger partial charge is 0.331 e. The zero-order valence-electron chi connectivity index (χ0n) is 17.1. The number of alkyl halides is 1. The van der Waals surface area contributed by atoms with Crippen molar-refractivity contribution in [2.75, 3.05) is 27.3 Å². The van der Waals surface area contributed by atoms with Crippen molar-refractivity contribution < 1.29 is 18.0 Å². The van der Waals surface area contributed by atoms with E-state index in [0.29, 0.717) is 18.4 Å². The number of nitrogens with zero attached hydrogens (tertiary/aromatic N) is 2. The standard InChI is InChI=1S/C23H26F3N3O/c1-28(2)22(30)29-15-16(20-12-18(25)8-9-21(20)26)13-23(29,11-10-19(27)14-24)17-6-4-3-5-7-17/h3-9,12-13,19H,10-11,14-15,27H2,1-2H3/t19?,23-/m0/s1. The first-order valence-electron chi connectivity index (χ1n) is 9.81. The molecule has 0 radical (unpaired) electrons. The van der Waals surface area contributed by atoms with Crippen LogP contribution in [0.2, 0.25) is 0 Å². The molecule has 7 heteroatoms. The fourth-order valence-electron chi connectivity index (χ4n) is 3.91. The predicted octanol–water partition coefficient (Wildman–Crippen LogP) is 4.32. The highest BCUT2D eigenvalue weighted by Gasteiger charge is 2.45. The van der Waals surface area contributed by atoms with Gasteiger partial charge in [-0.3, -0.25) is 0 Å². The van der Waals surface area contributed by atoms with Crippen LogP contribution in [0.15, 0.2) is 54.6 Å². The fourth-order valence-corrected chi connectivity index (χ4v) is 3.91. The van der Waals surface area contributed by atoms with Gasteiger partial charge in [-0.2, -0.15) is 0 Å². The number of halogens is 3. The zero-order valence-corrected chi connectivity index (χ0v) is 17.1. The lowest BCUT2D eigenvalue weighted by Gasteiger charge is -2.40. The molecule has 160 valence electrons. The van der Waals surface area contributed by atoms with Crippen molar-refractivity contribution >= 4 is 11.6 Å². The first kappa shape index (κ1) is 21.9. The van der Waals surface area contributed by atoms with Crippen molar-refractivity contribution in [3.63, 3.8) is 0 Å². The summed E-state index contributed by atoms with van der Waals surface area (Å²) in [4.78, 5) is 16.2. The van der Waals surface area contributed by atoms with Gasteiger partial charge in [-0.05, 0) is 48.3 Å². The summed E-state index contributed by atoms with van der Waals surface area (Å²) in [5.41, 5.74) is 6.30. The highest BCUT2D eigenvalue weighted by molar-refractivity contribution is 5.83. The number of rotatable bonds is 6. The van der Waals surface area contributed by atoms with E-state index in [4.69, 9.17) is 5.73 Å². The molecule has 0 saturated carbocycles. The Bertz CT molecular complexity index is 933. The third-order valence-electron chi connectivity index (χ3n) is 5.48. The monoisotopic (exact) mass is 417 g/mol. The van der Waals surface area contributed by atoms with E-state index in [9.17, 15) is 18.0 Å². The molecule has 0 saturated heterocycles. The summed E-state index contributed by atoms with van der Waals surface area (Å²) in [7, 11) is 3.26. The van der Waals surface area contributed by atoms with Crippen LogP contribution in [-0.4, -0.2) is 49.2 Å². The van der Waals surface area contributed by atoms with Gasteiger partial charge in [0.2, 0.25) is 0 Å². The Labute approximate surface area is 174 Å². The van der Waals surface area contributed by atoms with Gasteiger partial charge in [-0.25, -0.2) is 18.0 Å². The number of carbonyl (C=O) groups excluding carboxylic acids is 1. The third kappa shape index (κ3) is 4.21. The number of nitrogens with two attached hydrogens (primary N) is 1. The summed E-state index contributed by atoms with van der Waals surface area (Å²) in [6, 6.07) is 11.6. The summed E-state index contributed by atoms with van der Waals surface area (Å²) in [5, 5.41) is 0. The van der Waals surface area contributed by atoms with Gasteiger partial charge in [0.25, 0.3) is 0 Å². The van der Waals surface area contributed by atoms with Crippen molar-refractivity contribution in [2.24, 2.45) is 5.73 Å². The molecule has 3 rings (SSSR count). The maximum atomic E-state index is 14.5. The number of hydrogen-bond donors (Lipinski definition) is 1. The molecule has 1 aliphatic rings. The molecule has 0 spiro atoms. The fraction of sp³-hybridized carbons (Fsp3) is 0.348. The maximum absolute atomic E-state index is 14.5. The Morgan fingerprint density at radius 2 is 1.90 bits per heavy atom. The average Bonchev–Trinajstić information content (AvgIpc) is 3.14. The highest BCUT2D eigenvalue weighted by Crippen LogP contribution is 2.44. The minimum atomic E-state index is -0.955. The van der Waals surface area contributed by atoms with Crippen LogP contribution in [0, 0.1) is 11.6 Å². The minimum Gasteiger partial charge on any atom is -0.331 e. The Morgan fingerprint density at radius 3 is 2.53 bits per heavy atom.